The minimum absolute atomic E-state index is 0.0300. The Kier molecular flexibility index (Phi) is 6.33. The number of methoxy groups -OCH3 is 1. The van der Waals surface area contributed by atoms with Gasteiger partial charge in [-0.3, -0.25) is 4.99 Å². The molecule has 1 rings (SSSR count). The van der Waals surface area contributed by atoms with Crippen LogP contribution in [0.1, 0.15) is 24.5 Å². The third kappa shape index (κ3) is 5.17. The highest BCUT2D eigenvalue weighted by Crippen LogP contribution is 2.34. The van der Waals surface area contributed by atoms with Crippen molar-refractivity contribution in [2.45, 2.75) is 26.1 Å². The Balaban J connectivity index is 2.87. The lowest BCUT2D eigenvalue weighted by Crippen LogP contribution is -2.37. The minimum Gasteiger partial charge on any atom is -0.497 e. The monoisotopic (exact) mass is 303 g/mol. The molecule has 0 radical (unpaired) electrons. The summed E-state index contributed by atoms with van der Waals surface area (Å²) in [6.07, 6.45) is -3.52. The normalized spacial score (nSPS) is 12.2. The molecule has 0 spiro atoms. The summed E-state index contributed by atoms with van der Waals surface area (Å²) in [6.45, 7) is 2.72. The lowest BCUT2D eigenvalue weighted by Gasteiger charge is -2.16. The van der Waals surface area contributed by atoms with Gasteiger partial charge in [0.1, 0.15) is 5.75 Å². The maximum Gasteiger partial charge on any atom is 0.416 e. The highest BCUT2D eigenvalue weighted by Gasteiger charge is 2.33. The smallest absolute Gasteiger partial charge is 0.416 e. The Morgan fingerprint density at radius 3 is 2.52 bits per heavy atom. The molecule has 1 aromatic carbocycles. The molecule has 7 heteroatoms. The average molecular weight is 303 g/mol. The molecule has 0 aliphatic carbocycles. The topological polar surface area (TPSA) is 45.7 Å². The molecule has 0 aromatic heterocycles. The van der Waals surface area contributed by atoms with Gasteiger partial charge in [-0.05, 0) is 24.1 Å². The van der Waals surface area contributed by atoms with Gasteiger partial charge in [0.25, 0.3) is 0 Å². The fraction of sp³-hybridized carbons (Fsp3) is 0.500. The molecule has 0 amide bonds. The Hall–Kier alpha value is -1.92. The number of hydrogen-bond acceptors (Lipinski definition) is 2. The first-order chi connectivity index (χ1) is 9.92. The quantitative estimate of drug-likeness (QED) is 0.649. The van der Waals surface area contributed by atoms with E-state index in [-0.39, 0.29) is 17.9 Å². The van der Waals surface area contributed by atoms with Gasteiger partial charge in [0, 0.05) is 20.1 Å². The lowest BCUT2D eigenvalue weighted by molar-refractivity contribution is -0.138. The van der Waals surface area contributed by atoms with Gasteiger partial charge in [-0.25, -0.2) is 0 Å². The highest BCUT2D eigenvalue weighted by molar-refractivity contribution is 5.79. The standard InChI is InChI=1S/C14H20F3N3O/c1-4-7-19-13(18-2)20-9-10-5-6-11(21-3)8-12(10)14(15,16)17/h5-6,8H,4,7,9H2,1-3H3,(H2,18,19,20). The van der Waals surface area contributed by atoms with Crippen molar-refractivity contribution in [1.82, 2.24) is 10.6 Å². The van der Waals surface area contributed by atoms with Gasteiger partial charge < -0.3 is 15.4 Å². The molecule has 0 unspecified atom stereocenters. The van der Waals surface area contributed by atoms with E-state index >= 15 is 0 Å². The zero-order valence-electron chi connectivity index (χ0n) is 12.3. The van der Waals surface area contributed by atoms with Gasteiger partial charge in [0.15, 0.2) is 5.96 Å². The lowest BCUT2D eigenvalue weighted by atomic mass is 10.1. The van der Waals surface area contributed by atoms with Crippen molar-refractivity contribution in [1.29, 1.82) is 0 Å². The predicted octanol–water partition coefficient (Wildman–Crippen LogP) is 2.79. The maximum atomic E-state index is 13.0. The second-order valence-corrected chi connectivity index (χ2v) is 4.37. The predicted molar refractivity (Wildman–Crippen MR) is 76.5 cm³/mol. The first kappa shape index (κ1) is 17.1. The van der Waals surface area contributed by atoms with E-state index in [1.54, 1.807) is 7.05 Å². The van der Waals surface area contributed by atoms with Crippen LogP contribution in [0.3, 0.4) is 0 Å². The number of aliphatic imine (C=N–C) groups is 1. The van der Waals surface area contributed by atoms with Crippen LogP contribution in [-0.2, 0) is 12.7 Å². The number of rotatable bonds is 5. The molecule has 2 N–H and O–H groups in total. The van der Waals surface area contributed by atoms with Crippen molar-refractivity contribution < 1.29 is 17.9 Å². The molecular formula is C14H20F3N3O. The van der Waals surface area contributed by atoms with Crippen LogP contribution in [0.4, 0.5) is 13.2 Å². The van der Waals surface area contributed by atoms with Crippen molar-refractivity contribution in [3.05, 3.63) is 29.3 Å². The Labute approximate surface area is 122 Å². The number of ether oxygens (including phenoxy) is 1. The summed E-state index contributed by atoms with van der Waals surface area (Å²) in [7, 11) is 2.91. The van der Waals surface area contributed by atoms with Gasteiger partial charge in [-0.1, -0.05) is 13.0 Å². The van der Waals surface area contributed by atoms with Crippen LogP contribution >= 0.6 is 0 Å². The first-order valence-electron chi connectivity index (χ1n) is 6.61. The number of guanidine groups is 1. The van der Waals surface area contributed by atoms with E-state index in [1.807, 2.05) is 6.92 Å². The summed E-state index contributed by atoms with van der Waals surface area (Å²) in [6, 6.07) is 3.91. The van der Waals surface area contributed by atoms with Crippen molar-refractivity contribution in [3.63, 3.8) is 0 Å². The molecule has 0 aliphatic heterocycles. The fourth-order valence-electron chi connectivity index (χ4n) is 1.74. The van der Waals surface area contributed by atoms with Crippen LogP contribution in [-0.4, -0.2) is 26.7 Å². The zero-order chi connectivity index (χ0) is 15.9. The Morgan fingerprint density at radius 1 is 1.29 bits per heavy atom. The largest absolute Gasteiger partial charge is 0.497 e. The zero-order valence-corrected chi connectivity index (χ0v) is 12.3. The van der Waals surface area contributed by atoms with E-state index in [1.165, 1.54) is 19.2 Å². The SMILES string of the molecule is CCCNC(=NC)NCc1ccc(OC)cc1C(F)(F)F. The molecule has 0 atom stereocenters. The van der Waals surface area contributed by atoms with Gasteiger partial charge in [-0.15, -0.1) is 0 Å². The van der Waals surface area contributed by atoms with Gasteiger partial charge in [-0.2, -0.15) is 13.2 Å². The van der Waals surface area contributed by atoms with Crippen LogP contribution in [0.2, 0.25) is 0 Å². The molecular weight excluding hydrogens is 283 g/mol. The second kappa shape index (κ2) is 7.75. The van der Waals surface area contributed by atoms with E-state index in [9.17, 15) is 13.2 Å². The molecule has 0 bridgehead atoms. The number of nitrogens with one attached hydrogen (secondary N) is 2. The van der Waals surface area contributed by atoms with E-state index in [2.05, 4.69) is 15.6 Å². The number of alkyl halides is 3. The summed E-state index contributed by atoms with van der Waals surface area (Å²) < 4.78 is 44.0. The molecule has 1 aromatic rings. The third-order valence-corrected chi connectivity index (χ3v) is 2.83. The number of hydrogen-bond donors (Lipinski definition) is 2. The number of halogens is 3. The second-order valence-electron chi connectivity index (χ2n) is 4.37. The van der Waals surface area contributed by atoms with Crippen LogP contribution in [0, 0.1) is 0 Å². The van der Waals surface area contributed by atoms with E-state index in [4.69, 9.17) is 4.74 Å². The molecule has 0 saturated heterocycles. The molecule has 0 saturated carbocycles. The molecule has 4 nitrogen and oxygen atoms in total. The van der Waals surface area contributed by atoms with E-state index in [0.29, 0.717) is 12.5 Å². The Bertz CT molecular complexity index is 487. The van der Waals surface area contributed by atoms with Crippen LogP contribution in [0.25, 0.3) is 0 Å². The summed E-state index contributed by atoms with van der Waals surface area (Å²) in [5, 5.41) is 5.87. The number of nitrogens with zero attached hydrogens (tertiary/aromatic N) is 1. The highest BCUT2D eigenvalue weighted by atomic mass is 19.4. The average Bonchev–Trinajstić information content (AvgIpc) is 2.46. The molecule has 118 valence electrons. The summed E-state index contributed by atoms with van der Waals surface area (Å²) in [5.41, 5.74) is -0.567. The van der Waals surface area contributed by atoms with Crippen LogP contribution < -0.4 is 15.4 Å². The molecule has 0 aliphatic rings. The van der Waals surface area contributed by atoms with Gasteiger partial charge in [0.05, 0.1) is 12.7 Å². The van der Waals surface area contributed by atoms with E-state index < -0.39 is 11.7 Å². The van der Waals surface area contributed by atoms with Gasteiger partial charge >= 0.3 is 6.18 Å². The number of benzene rings is 1. The first-order valence-corrected chi connectivity index (χ1v) is 6.61. The summed E-state index contributed by atoms with van der Waals surface area (Å²) in [4.78, 5) is 3.95. The van der Waals surface area contributed by atoms with E-state index in [0.717, 1.165) is 12.5 Å². The Morgan fingerprint density at radius 2 is 2.00 bits per heavy atom. The van der Waals surface area contributed by atoms with Crippen molar-refractivity contribution >= 4 is 5.96 Å². The van der Waals surface area contributed by atoms with Crippen LogP contribution in [0.5, 0.6) is 5.75 Å². The fourth-order valence-corrected chi connectivity index (χ4v) is 1.74. The van der Waals surface area contributed by atoms with Crippen molar-refractivity contribution in [3.8, 4) is 5.75 Å². The maximum absolute atomic E-state index is 13.0. The minimum atomic E-state index is -4.42. The third-order valence-electron chi connectivity index (χ3n) is 2.83. The summed E-state index contributed by atoms with van der Waals surface area (Å²) >= 11 is 0. The van der Waals surface area contributed by atoms with Crippen molar-refractivity contribution in [2.24, 2.45) is 4.99 Å². The van der Waals surface area contributed by atoms with Crippen molar-refractivity contribution in [2.75, 3.05) is 20.7 Å². The van der Waals surface area contributed by atoms with Crippen LogP contribution in [0.15, 0.2) is 23.2 Å². The van der Waals surface area contributed by atoms with Gasteiger partial charge in [0.2, 0.25) is 0 Å². The molecule has 21 heavy (non-hydrogen) atoms. The summed E-state index contributed by atoms with van der Waals surface area (Å²) in [5.74, 6) is 0.653. The molecule has 0 heterocycles. The molecule has 0 fully saturated rings.